The van der Waals surface area contributed by atoms with Crippen LogP contribution in [0.25, 0.3) is 0 Å². The maximum atomic E-state index is 6.22. The molecule has 0 aromatic carbocycles. The summed E-state index contributed by atoms with van der Waals surface area (Å²) in [5.41, 5.74) is 6.56. The Bertz CT molecular complexity index is 350. The van der Waals surface area contributed by atoms with E-state index < -0.39 is 0 Å². The lowest BCUT2D eigenvalue weighted by atomic mass is 10.2. The zero-order valence-corrected chi connectivity index (χ0v) is 9.67. The van der Waals surface area contributed by atoms with E-state index in [2.05, 4.69) is 9.88 Å². The van der Waals surface area contributed by atoms with Crippen molar-refractivity contribution in [3.63, 3.8) is 0 Å². The second kappa shape index (κ2) is 4.37. The summed E-state index contributed by atoms with van der Waals surface area (Å²) in [7, 11) is 2.03. The van der Waals surface area contributed by atoms with E-state index in [1.807, 2.05) is 13.1 Å². The Morgan fingerprint density at radius 2 is 2.33 bits per heavy atom. The normalized spacial score (nSPS) is 15.4. The zero-order chi connectivity index (χ0) is 10.8. The summed E-state index contributed by atoms with van der Waals surface area (Å²) >= 11 is 6.22. The topological polar surface area (TPSA) is 42.2 Å². The van der Waals surface area contributed by atoms with Crippen molar-refractivity contribution in [2.45, 2.75) is 19.4 Å². The fourth-order valence-corrected chi connectivity index (χ4v) is 2.00. The highest BCUT2D eigenvalue weighted by molar-refractivity contribution is 6.33. The first-order chi connectivity index (χ1) is 7.22. The van der Waals surface area contributed by atoms with Gasteiger partial charge in [-0.3, -0.25) is 0 Å². The van der Waals surface area contributed by atoms with Crippen LogP contribution in [0.15, 0.2) is 12.3 Å². The molecule has 1 heterocycles. The molecular formula is C11H16ClN3. The molecule has 0 bridgehead atoms. The Hall–Kier alpha value is -0.800. The molecule has 0 saturated heterocycles. The molecule has 0 aliphatic heterocycles. The van der Waals surface area contributed by atoms with Gasteiger partial charge < -0.3 is 10.6 Å². The van der Waals surface area contributed by atoms with Crippen LogP contribution in [0.5, 0.6) is 0 Å². The summed E-state index contributed by atoms with van der Waals surface area (Å²) in [5, 5.41) is 0.697. The largest absolute Gasteiger partial charge is 0.358 e. The molecule has 1 fully saturated rings. The van der Waals surface area contributed by atoms with Gasteiger partial charge in [0.15, 0.2) is 0 Å². The molecule has 1 aliphatic rings. The number of nitrogens with zero attached hydrogens (tertiary/aromatic N) is 2. The van der Waals surface area contributed by atoms with Crippen molar-refractivity contribution < 1.29 is 0 Å². The summed E-state index contributed by atoms with van der Waals surface area (Å²) in [4.78, 5) is 6.43. The number of pyridine rings is 1. The third-order valence-electron chi connectivity index (χ3n) is 2.76. The van der Waals surface area contributed by atoms with Crippen LogP contribution in [0.3, 0.4) is 0 Å². The first-order valence-corrected chi connectivity index (χ1v) is 5.64. The van der Waals surface area contributed by atoms with Gasteiger partial charge in [-0.1, -0.05) is 11.6 Å². The summed E-state index contributed by atoms with van der Waals surface area (Å²) < 4.78 is 0. The maximum absolute atomic E-state index is 6.22. The highest BCUT2D eigenvalue weighted by Crippen LogP contribution is 2.32. The lowest BCUT2D eigenvalue weighted by Gasteiger charge is -2.19. The second-order valence-electron chi connectivity index (χ2n) is 4.14. The minimum atomic E-state index is 0.464. The van der Waals surface area contributed by atoms with E-state index in [-0.39, 0.29) is 0 Å². The third kappa shape index (κ3) is 2.41. The van der Waals surface area contributed by atoms with Gasteiger partial charge >= 0.3 is 0 Å². The van der Waals surface area contributed by atoms with E-state index in [1.165, 1.54) is 12.8 Å². The average molecular weight is 226 g/mol. The number of hydrogen-bond acceptors (Lipinski definition) is 3. The lowest BCUT2D eigenvalue weighted by Crippen LogP contribution is -2.21. The van der Waals surface area contributed by atoms with Crippen molar-refractivity contribution in [1.82, 2.24) is 4.98 Å². The van der Waals surface area contributed by atoms with Gasteiger partial charge in [0.05, 0.1) is 5.02 Å². The van der Waals surface area contributed by atoms with Crippen molar-refractivity contribution >= 4 is 17.4 Å². The monoisotopic (exact) mass is 225 g/mol. The van der Waals surface area contributed by atoms with Crippen LogP contribution in [0.1, 0.15) is 18.4 Å². The summed E-state index contributed by atoms with van der Waals surface area (Å²) in [6.45, 7) is 1.51. The molecule has 2 rings (SSSR count). The Morgan fingerprint density at radius 3 is 2.93 bits per heavy atom. The number of halogens is 1. The van der Waals surface area contributed by atoms with Crippen LogP contribution in [0.4, 0.5) is 5.82 Å². The molecule has 0 atom stereocenters. The number of aromatic nitrogens is 1. The van der Waals surface area contributed by atoms with E-state index in [0.29, 0.717) is 11.6 Å². The summed E-state index contributed by atoms with van der Waals surface area (Å²) in [6, 6.07) is 1.87. The SMILES string of the molecule is CN(CC1CC1)c1nccc(CN)c1Cl. The van der Waals surface area contributed by atoms with Gasteiger partial charge in [-0.05, 0) is 30.4 Å². The quantitative estimate of drug-likeness (QED) is 0.853. The molecule has 1 aliphatic carbocycles. The van der Waals surface area contributed by atoms with Crippen LogP contribution in [-0.2, 0) is 6.54 Å². The minimum Gasteiger partial charge on any atom is -0.358 e. The molecule has 3 nitrogen and oxygen atoms in total. The van der Waals surface area contributed by atoms with Crippen LogP contribution >= 0.6 is 11.6 Å². The highest BCUT2D eigenvalue weighted by Gasteiger charge is 2.24. The van der Waals surface area contributed by atoms with Crippen molar-refractivity contribution in [3.8, 4) is 0 Å². The van der Waals surface area contributed by atoms with E-state index in [0.717, 1.165) is 23.8 Å². The zero-order valence-electron chi connectivity index (χ0n) is 8.91. The Kier molecular flexibility index (Phi) is 3.12. The number of nitrogens with two attached hydrogens (primary N) is 1. The average Bonchev–Trinajstić information content (AvgIpc) is 3.02. The van der Waals surface area contributed by atoms with Gasteiger partial charge in [0, 0.05) is 26.3 Å². The van der Waals surface area contributed by atoms with Gasteiger partial charge in [0.2, 0.25) is 0 Å². The molecule has 1 saturated carbocycles. The molecule has 1 aromatic heterocycles. The van der Waals surface area contributed by atoms with Gasteiger partial charge in [-0.25, -0.2) is 4.98 Å². The molecule has 15 heavy (non-hydrogen) atoms. The molecule has 0 spiro atoms. The standard InChI is InChI=1S/C11H16ClN3/c1-15(7-8-2-3-8)11-10(12)9(6-13)4-5-14-11/h4-5,8H,2-3,6-7,13H2,1H3. The molecule has 0 unspecified atom stereocenters. The van der Waals surface area contributed by atoms with Crippen LogP contribution in [0.2, 0.25) is 5.02 Å². The molecule has 1 aromatic rings. The van der Waals surface area contributed by atoms with Crippen LogP contribution < -0.4 is 10.6 Å². The van der Waals surface area contributed by atoms with E-state index in [1.54, 1.807) is 6.20 Å². The molecule has 82 valence electrons. The Labute approximate surface area is 95.2 Å². The fourth-order valence-electron chi connectivity index (χ4n) is 1.67. The van der Waals surface area contributed by atoms with Crippen molar-refractivity contribution in [2.24, 2.45) is 11.7 Å². The second-order valence-corrected chi connectivity index (χ2v) is 4.51. The number of hydrogen-bond donors (Lipinski definition) is 1. The van der Waals surface area contributed by atoms with Gasteiger partial charge in [-0.2, -0.15) is 0 Å². The number of anilines is 1. The van der Waals surface area contributed by atoms with Crippen LogP contribution in [0, 0.1) is 5.92 Å². The summed E-state index contributed by atoms with van der Waals surface area (Å²) in [6.07, 6.45) is 4.43. The molecule has 0 radical (unpaired) electrons. The predicted octanol–water partition coefficient (Wildman–Crippen LogP) is 2.04. The molecule has 4 heteroatoms. The number of rotatable bonds is 4. The first kappa shape index (κ1) is 10.7. The Balaban J connectivity index is 2.17. The maximum Gasteiger partial charge on any atom is 0.147 e. The van der Waals surface area contributed by atoms with Gasteiger partial charge in [-0.15, -0.1) is 0 Å². The highest BCUT2D eigenvalue weighted by atomic mass is 35.5. The van der Waals surface area contributed by atoms with Crippen LogP contribution in [-0.4, -0.2) is 18.6 Å². The van der Waals surface area contributed by atoms with Crippen molar-refractivity contribution in [1.29, 1.82) is 0 Å². The molecule has 2 N–H and O–H groups in total. The molecule has 0 amide bonds. The Morgan fingerprint density at radius 1 is 1.60 bits per heavy atom. The van der Waals surface area contributed by atoms with E-state index >= 15 is 0 Å². The predicted molar refractivity (Wildman–Crippen MR) is 63.1 cm³/mol. The van der Waals surface area contributed by atoms with E-state index in [9.17, 15) is 0 Å². The fraction of sp³-hybridized carbons (Fsp3) is 0.545. The molecular weight excluding hydrogens is 210 g/mol. The summed E-state index contributed by atoms with van der Waals surface area (Å²) in [5.74, 6) is 1.68. The third-order valence-corrected chi connectivity index (χ3v) is 3.17. The van der Waals surface area contributed by atoms with Crippen molar-refractivity contribution in [3.05, 3.63) is 22.8 Å². The lowest BCUT2D eigenvalue weighted by molar-refractivity contribution is 0.776. The van der Waals surface area contributed by atoms with E-state index in [4.69, 9.17) is 17.3 Å². The van der Waals surface area contributed by atoms with Crippen molar-refractivity contribution in [2.75, 3.05) is 18.5 Å². The minimum absolute atomic E-state index is 0.464. The first-order valence-electron chi connectivity index (χ1n) is 5.27. The van der Waals surface area contributed by atoms with Gasteiger partial charge in [0.1, 0.15) is 5.82 Å². The smallest absolute Gasteiger partial charge is 0.147 e. The van der Waals surface area contributed by atoms with Gasteiger partial charge in [0.25, 0.3) is 0 Å².